The van der Waals surface area contributed by atoms with Crippen LogP contribution in [0.1, 0.15) is 38.4 Å². The molecule has 1 aliphatic rings. The van der Waals surface area contributed by atoms with Crippen LogP contribution in [0.4, 0.5) is 0 Å². The number of benzene rings is 1. The lowest BCUT2D eigenvalue weighted by atomic mass is 9.81. The molecule has 0 aliphatic carbocycles. The molecule has 1 aliphatic heterocycles. The quantitative estimate of drug-likeness (QED) is 0.722. The van der Waals surface area contributed by atoms with Crippen LogP contribution in [0.5, 0.6) is 11.5 Å². The molecule has 158 valence electrons. The van der Waals surface area contributed by atoms with Gasteiger partial charge >= 0.3 is 0 Å². The zero-order chi connectivity index (χ0) is 21.1. The standard InChI is InChI=1S/C21H31N5O3/c1-12(2)19(23)21(27)13-5-6-26(10-22)16(7-13)20-14-8-17(28-3)18(29-4)9-15(14)24-11-25-20/h8-9,11-13,16,19H,5-7,10,22-23H2,1-4H3/t13?,16?,19-/m0/s1. The molecule has 29 heavy (non-hydrogen) atoms. The molecule has 0 amide bonds. The Hall–Kier alpha value is -2.29. The molecule has 1 aromatic carbocycles. The van der Waals surface area contributed by atoms with Crippen LogP contribution in [-0.4, -0.2) is 54.1 Å². The fraction of sp³-hybridized carbons (Fsp3) is 0.571. The van der Waals surface area contributed by atoms with Crippen molar-refractivity contribution >= 4 is 16.7 Å². The highest BCUT2D eigenvalue weighted by atomic mass is 16.5. The van der Waals surface area contributed by atoms with E-state index in [9.17, 15) is 4.79 Å². The molecule has 8 nitrogen and oxygen atoms in total. The van der Waals surface area contributed by atoms with Crippen LogP contribution >= 0.6 is 0 Å². The second-order valence-corrected chi connectivity index (χ2v) is 7.89. The topological polar surface area (TPSA) is 117 Å². The Bertz CT molecular complexity index is 873. The molecule has 0 saturated carbocycles. The average molecular weight is 402 g/mol. The molecule has 1 aromatic heterocycles. The Morgan fingerprint density at radius 3 is 2.55 bits per heavy atom. The maximum absolute atomic E-state index is 12.9. The number of aromatic nitrogens is 2. The number of nitrogens with two attached hydrogens (primary N) is 2. The van der Waals surface area contributed by atoms with Crippen LogP contribution < -0.4 is 20.9 Å². The van der Waals surface area contributed by atoms with Gasteiger partial charge in [-0.25, -0.2) is 9.97 Å². The van der Waals surface area contributed by atoms with Crippen molar-refractivity contribution in [3.8, 4) is 11.5 Å². The molecule has 1 saturated heterocycles. The molecule has 4 N–H and O–H groups in total. The third kappa shape index (κ3) is 4.19. The summed E-state index contributed by atoms with van der Waals surface area (Å²) in [6.45, 7) is 5.07. The first kappa shape index (κ1) is 21.4. The summed E-state index contributed by atoms with van der Waals surface area (Å²) in [5.74, 6) is 1.36. The van der Waals surface area contributed by atoms with Crippen molar-refractivity contribution in [2.45, 2.75) is 38.8 Å². The number of fused-ring (bicyclic) bond motifs is 1. The SMILES string of the molecule is COc1cc2ncnc(C3CC(C(=O)[C@@H](N)C(C)C)CCN3CN)c2cc1OC. The molecule has 8 heteroatoms. The highest BCUT2D eigenvalue weighted by Crippen LogP contribution is 2.39. The number of hydrogen-bond donors (Lipinski definition) is 2. The van der Waals surface area contributed by atoms with Gasteiger partial charge in [0.25, 0.3) is 0 Å². The molecule has 2 heterocycles. The zero-order valence-electron chi connectivity index (χ0n) is 17.6. The second-order valence-electron chi connectivity index (χ2n) is 7.89. The molecule has 2 aromatic rings. The normalized spacial score (nSPS) is 21.3. The summed E-state index contributed by atoms with van der Waals surface area (Å²) in [5, 5.41) is 0.870. The van der Waals surface area contributed by atoms with Crippen molar-refractivity contribution in [3.63, 3.8) is 0 Å². The number of ether oxygens (including phenoxy) is 2. The van der Waals surface area contributed by atoms with Crippen LogP contribution in [0.15, 0.2) is 18.5 Å². The smallest absolute Gasteiger partial charge is 0.162 e. The highest BCUT2D eigenvalue weighted by molar-refractivity contribution is 5.87. The first-order chi connectivity index (χ1) is 13.9. The van der Waals surface area contributed by atoms with Crippen LogP contribution in [0, 0.1) is 11.8 Å². The van der Waals surface area contributed by atoms with E-state index < -0.39 is 6.04 Å². The van der Waals surface area contributed by atoms with Gasteiger partial charge in [0.05, 0.1) is 37.5 Å². The van der Waals surface area contributed by atoms with Gasteiger partial charge in [-0.1, -0.05) is 13.8 Å². The minimum absolute atomic E-state index is 0.0920. The molecule has 0 radical (unpaired) electrons. The first-order valence-corrected chi connectivity index (χ1v) is 10.0. The molecule has 0 bridgehead atoms. The van der Waals surface area contributed by atoms with E-state index >= 15 is 0 Å². The predicted molar refractivity (Wildman–Crippen MR) is 112 cm³/mol. The van der Waals surface area contributed by atoms with Crippen LogP contribution in [0.3, 0.4) is 0 Å². The Kier molecular flexibility index (Phi) is 6.66. The van der Waals surface area contributed by atoms with Crippen LogP contribution in [0.25, 0.3) is 10.9 Å². The van der Waals surface area contributed by atoms with Gasteiger partial charge in [0.2, 0.25) is 0 Å². The monoisotopic (exact) mass is 401 g/mol. The number of Topliss-reactive ketones (excluding diaryl/α,β-unsaturated/α-hetero) is 1. The Balaban J connectivity index is 2.02. The Morgan fingerprint density at radius 2 is 1.93 bits per heavy atom. The van der Waals surface area contributed by atoms with E-state index in [4.69, 9.17) is 20.9 Å². The molecule has 1 fully saturated rings. The maximum atomic E-state index is 12.9. The van der Waals surface area contributed by atoms with Gasteiger partial charge in [0, 0.05) is 30.6 Å². The van der Waals surface area contributed by atoms with Crippen LogP contribution in [0.2, 0.25) is 0 Å². The van der Waals surface area contributed by atoms with E-state index in [2.05, 4.69) is 14.9 Å². The lowest BCUT2D eigenvalue weighted by Gasteiger charge is -2.39. The van der Waals surface area contributed by atoms with Crippen molar-refractivity contribution in [3.05, 3.63) is 24.2 Å². The van der Waals surface area contributed by atoms with Crippen molar-refractivity contribution in [1.82, 2.24) is 14.9 Å². The summed E-state index contributed by atoms with van der Waals surface area (Å²) in [5.41, 5.74) is 13.8. The number of nitrogens with zero attached hydrogens (tertiary/aromatic N) is 3. The lowest BCUT2D eigenvalue weighted by molar-refractivity contribution is -0.127. The molecular formula is C21H31N5O3. The van der Waals surface area contributed by atoms with E-state index in [1.165, 1.54) is 0 Å². The number of methoxy groups -OCH3 is 2. The van der Waals surface area contributed by atoms with E-state index in [-0.39, 0.29) is 23.7 Å². The molecular weight excluding hydrogens is 370 g/mol. The van der Waals surface area contributed by atoms with Gasteiger partial charge in [-0.15, -0.1) is 0 Å². The third-order valence-corrected chi connectivity index (χ3v) is 5.88. The number of carbonyl (C=O) groups is 1. The maximum Gasteiger partial charge on any atom is 0.162 e. The average Bonchev–Trinajstić information content (AvgIpc) is 2.75. The largest absolute Gasteiger partial charge is 0.493 e. The summed E-state index contributed by atoms with van der Waals surface area (Å²) >= 11 is 0. The van der Waals surface area contributed by atoms with Crippen molar-refractivity contribution in [1.29, 1.82) is 0 Å². The number of carbonyl (C=O) groups excluding carboxylic acids is 1. The van der Waals surface area contributed by atoms with Crippen molar-refractivity contribution in [2.75, 3.05) is 27.4 Å². The number of piperidine rings is 1. The van der Waals surface area contributed by atoms with E-state index in [0.29, 0.717) is 24.6 Å². The number of likely N-dealkylation sites (tertiary alicyclic amines) is 1. The van der Waals surface area contributed by atoms with Gasteiger partial charge in [0.1, 0.15) is 6.33 Å². The molecule has 2 unspecified atom stereocenters. The van der Waals surface area contributed by atoms with Crippen LogP contribution in [-0.2, 0) is 4.79 Å². The lowest BCUT2D eigenvalue weighted by Crippen LogP contribution is -2.46. The van der Waals surface area contributed by atoms with Gasteiger partial charge in [-0.3, -0.25) is 9.69 Å². The minimum Gasteiger partial charge on any atom is -0.493 e. The second kappa shape index (κ2) is 9.02. The Labute approximate surface area is 171 Å². The highest BCUT2D eigenvalue weighted by Gasteiger charge is 2.36. The Morgan fingerprint density at radius 1 is 1.24 bits per heavy atom. The van der Waals surface area contributed by atoms with Gasteiger partial charge in [0.15, 0.2) is 17.3 Å². The summed E-state index contributed by atoms with van der Waals surface area (Å²) in [6, 6.07) is 3.19. The number of ketones is 1. The van der Waals surface area contributed by atoms with Crippen molar-refractivity contribution < 1.29 is 14.3 Å². The fourth-order valence-corrected chi connectivity index (χ4v) is 4.04. The molecule has 3 atom stereocenters. The first-order valence-electron chi connectivity index (χ1n) is 10.0. The van der Waals surface area contributed by atoms with E-state index in [1.807, 2.05) is 26.0 Å². The zero-order valence-corrected chi connectivity index (χ0v) is 17.6. The summed E-state index contributed by atoms with van der Waals surface area (Å²) < 4.78 is 10.9. The third-order valence-electron chi connectivity index (χ3n) is 5.88. The summed E-state index contributed by atoms with van der Waals surface area (Å²) in [4.78, 5) is 24.1. The fourth-order valence-electron chi connectivity index (χ4n) is 4.04. The van der Waals surface area contributed by atoms with Crippen molar-refractivity contribution in [2.24, 2.45) is 23.3 Å². The number of hydrogen-bond acceptors (Lipinski definition) is 8. The summed E-state index contributed by atoms with van der Waals surface area (Å²) in [7, 11) is 3.19. The number of rotatable bonds is 7. The predicted octanol–water partition coefficient (Wildman–Crippen LogP) is 1.87. The van der Waals surface area contributed by atoms with Gasteiger partial charge in [-0.2, -0.15) is 0 Å². The molecule has 0 spiro atoms. The van der Waals surface area contributed by atoms with Gasteiger partial charge < -0.3 is 20.9 Å². The minimum atomic E-state index is -0.448. The van der Waals surface area contributed by atoms with E-state index in [0.717, 1.165) is 29.6 Å². The van der Waals surface area contributed by atoms with Gasteiger partial charge in [-0.05, 0) is 24.8 Å². The van der Waals surface area contributed by atoms with E-state index in [1.54, 1.807) is 20.5 Å². The molecule has 3 rings (SSSR count). The summed E-state index contributed by atoms with van der Waals surface area (Å²) in [6.07, 6.45) is 2.94.